The summed E-state index contributed by atoms with van der Waals surface area (Å²) in [4.78, 5) is 38.2. The highest BCUT2D eigenvalue weighted by Gasteiger charge is 2.19. The molecule has 0 saturated carbocycles. The second-order valence-corrected chi connectivity index (χ2v) is 6.29. The summed E-state index contributed by atoms with van der Waals surface area (Å²) in [5.41, 5.74) is -0.861. The summed E-state index contributed by atoms with van der Waals surface area (Å²) >= 11 is 5.32. The van der Waals surface area contributed by atoms with Crippen molar-refractivity contribution >= 4 is 23.5 Å². The van der Waals surface area contributed by atoms with Crippen LogP contribution in [0.1, 0.15) is 55.6 Å². The number of carbonyl (C=O) groups is 2. The van der Waals surface area contributed by atoms with E-state index in [-0.39, 0.29) is 19.1 Å². The van der Waals surface area contributed by atoms with Gasteiger partial charge in [0, 0.05) is 0 Å². The molecule has 0 aliphatic carbocycles. The number of rotatable bonds is 8. The summed E-state index contributed by atoms with van der Waals surface area (Å²) in [6.07, 6.45) is 2.03. The van der Waals surface area contributed by atoms with E-state index in [9.17, 15) is 18.4 Å². The lowest BCUT2D eigenvalue weighted by Gasteiger charge is -2.13. The standard InChI is InChI=1S/C8H9FN2O3.C7H6ClFN2O2.C6H15N/c1-3-14-8(12)6-5(9)7(13-2)11-4-10-6;1-2-13-7(12)5-4(9)6(8)11-3-10-5;1-4-7(5-2)6-3/h4H,3H2,1-2H3;3H,2H2,1H3;4-6H2,1-3H3. The van der Waals surface area contributed by atoms with E-state index >= 15 is 0 Å². The Morgan fingerprint density at radius 3 is 1.65 bits per heavy atom. The minimum Gasteiger partial charge on any atom is -0.479 e. The van der Waals surface area contributed by atoms with Gasteiger partial charge < -0.3 is 19.1 Å². The molecule has 0 unspecified atom stereocenters. The van der Waals surface area contributed by atoms with Gasteiger partial charge in [-0.15, -0.1) is 0 Å². The Morgan fingerprint density at radius 2 is 1.26 bits per heavy atom. The van der Waals surface area contributed by atoms with Crippen LogP contribution in [-0.2, 0) is 9.47 Å². The van der Waals surface area contributed by atoms with Crippen LogP contribution in [0.5, 0.6) is 5.88 Å². The molecule has 0 saturated heterocycles. The zero-order valence-electron chi connectivity index (χ0n) is 20.1. The highest BCUT2D eigenvalue weighted by Crippen LogP contribution is 2.15. The van der Waals surface area contributed by atoms with E-state index in [1.165, 1.54) is 26.7 Å². The summed E-state index contributed by atoms with van der Waals surface area (Å²) < 4.78 is 40.0. The van der Waals surface area contributed by atoms with Crippen molar-refractivity contribution in [3.8, 4) is 5.88 Å². The molecule has 0 aliphatic heterocycles. The molecule has 34 heavy (non-hydrogen) atoms. The number of carbonyl (C=O) groups excluding carboxylic acids is 2. The zero-order chi connectivity index (χ0) is 26.1. The van der Waals surface area contributed by atoms with E-state index in [1.54, 1.807) is 13.8 Å². The summed E-state index contributed by atoms with van der Waals surface area (Å²) in [5, 5.41) is -0.391. The zero-order valence-corrected chi connectivity index (χ0v) is 20.9. The quantitative estimate of drug-likeness (QED) is 0.389. The van der Waals surface area contributed by atoms with E-state index in [4.69, 9.17) is 11.6 Å². The van der Waals surface area contributed by atoms with Gasteiger partial charge in [-0.3, -0.25) is 0 Å². The number of halogens is 3. The van der Waals surface area contributed by atoms with Gasteiger partial charge >= 0.3 is 11.9 Å². The number of hydrogen-bond donors (Lipinski definition) is 0. The lowest BCUT2D eigenvalue weighted by Crippen LogP contribution is -2.21. The first-order valence-corrected chi connectivity index (χ1v) is 10.9. The molecular weight excluding hydrogens is 476 g/mol. The molecule has 0 bridgehead atoms. The molecule has 2 heterocycles. The fraction of sp³-hybridized carbons (Fsp3) is 0.524. The van der Waals surface area contributed by atoms with Crippen molar-refractivity contribution in [1.29, 1.82) is 0 Å². The number of methoxy groups -OCH3 is 1. The summed E-state index contributed by atoms with van der Waals surface area (Å²) in [7, 11) is 1.25. The molecule has 10 nitrogen and oxygen atoms in total. The van der Waals surface area contributed by atoms with Gasteiger partial charge in [-0.25, -0.2) is 28.9 Å². The number of esters is 2. The second kappa shape index (κ2) is 17.5. The average molecular weight is 506 g/mol. The van der Waals surface area contributed by atoms with Gasteiger partial charge in [0.05, 0.1) is 20.3 Å². The molecule has 2 aromatic rings. The smallest absolute Gasteiger partial charge is 0.360 e. The van der Waals surface area contributed by atoms with E-state index in [1.807, 2.05) is 0 Å². The van der Waals surface area contributed by atoms with Crippen LogP contribution in [0.3, 0.4) is 0 Å². The van der Waals surface area contributed by atoms with E-state index in [0.29, 0.717) is 0 Å². The molecule has 13 heteroatoms. The number of aromatic nitrogens is 4. The monoisotopic (exact) mass is 505 g/mol. The van der Waals surface area contributed by atoms with Crippen LogP contribution in [0.4, 0.5) is 8.78 Å². The molecule has 0 radical (unpaired) electrons. The number of nitrogens with zero attached hydrogens (tertiary/aromatic N) is 5. The Labute approximate surface area is 202 Å². The van der Waals surface area contributed by atoms with Gasteiger partial charge in [0.2, 0.25) is 5.82 Å². The first-order valence-electron chi connectivity index (χ1n) is 10.5. The highest BCUT2D eigenvalue weighted by molar-refractivity contribution is 6.29. The van der Waals surface area contributed by atoms with Crippen molar-refractivity contribution < 1.29 is 32.6 Å². The van der Waals surface area contributed by atoms with Crippen molar-refractivity contribution in [3.05, 3.63) is 40.8 Å². The van der Waals surface area contributed by atoms with Crippen molar-refractivity contribution in [3.63, 3.8) is 0 Å². The van der Waals surface area contributed by atoms with Crippen LogP contribution in [0.15, 0.2) is 12.7 Å². The summed E-state index contributed by atoms with van der Waals surface area (Å²) in [6.45, 7) is 13.7. The maximum absolute atomic E-state index is 13.3. The largest absolute Gasteiger partial charge is 0.479 e. The Kier molecular flexibility index (Phi) is 15.9. The van der Waals surface area contributed by atoms with Gasteiger partial charge in [0.25, 0.3) is 5.88 Å². The maximum Gasteiger partial charge on any atom is 0.360 e. The summed E-state index contributed by atoms with van der Waals surface area (Å²) in [5.74, 6) is -3.81. The van der Waals surface area contributed by atoms with Crippen molar-refractivity contribution in [1.82, 2.24) is 24.8 Å². The Bertz CT molecular complexity index is 898. The molecule has 2 aromatic heterocycles. The lowest BCUT2D eigenvalue weighted by molar-refractivity contribution is 0.0503. The van der Waals surface area contributed by atoms with Crippen LogP contribution in [0, 0.1) is 11.6 Å². The first kappa shape index (κ1) is 31.0. The third-order valence-corrected chi connectivity index (χ3v) is 4.24. The van der Waals surface area contributed by atoms with Crippen LogP contribution in [-0.4, -0.2) is 76.7 Å². The maximum atomic E-state index is 13.3. The molecule has 0 atom stereocenters. The predicted octanol–water partition coefficient (Wildman–Crippen LogP) is 3.59. The minimum absolute atomic E-state index is 0.153. The third kappa shape index (κ3) is 10.3. The topological polar surface area (TPSA) is 117 Å². The third-order valence-electron chi connectivity index (χ3n) is 3.98. The molecule has 0 aromatic carbocycles. The average Bonchev–Trinajstić information content (AvgIpc) is 2.83. The highest BCUT2D eigenvalue weighted by atomic mass is 35.5. The van der Waals surface area contributed by atoms with Crippen LogP contribution in [0.25, 0.3) is 0 Å². The van der Waals surface area contributed by atoms with Crippen LogP contribution < -0.4 is 4.74 Å². The Morgan fingerprint density at radius 1 is 0.824 bits per heavy atom. The molecule has 0 amide bonds. The van der Waals surface area contributed by atoms with E-state index in [2.05, 4.69) is 59.8 Å². The minimum atomic E-state index is -0.956. The molecule has 0 fully saturated rings. The molecule has 0 spiro atoms. The van der Waals surface area contributed by atoms with Crippen molar-refractivity contribution in [2.45, 2.75) is 34.6 Å². The van der Waals surface area contributed by atoms with Gasteiger partial charge in [0.1, 0.15) is 12.7 Å². The van der Waals surface area contributed by atoms with Gasteiger partial charge in [0.15, 0.2) is 22.4 Å². The SMILES string of the molecule is CCN(CC)CC.CCOC(=O)c1ncnc(Cl)c1F.CCOC(=O)c1ncnc(OC)c1F. The second-order valence-electron chi connectivity index (χ2n) is 5.93. The van der Waals surface area contributed by atoms with Gasteiger partial charge in [-0.05, 0) is 33.5 Å². The molecule has 0 N–H and O–H groups in total. The van der Waals surface area contributed by atoms with Gasteiger partial charge in [-0.1, -0.05) is 32.4 Å². The normalized spacial score (nSPS) is 9.82. The molecular formula is C21H30ClF2N5O5. The van der Waals surface area contributed by atoms with E-state index < -0.39 is 40.1 Å². The predicted molar refractivity (Wildman–Crippen MR) is 121 cm³/mol. The van der Waals surface area contributed by atoms with Crippen LogP contribution in [0.2, 0.25) is 5.15 Å². The lowest BCUT2D eigenvalue weighted by atomic mass is 10.4. The summed E-state index contributed by atoms with van der Waals surface area (Å²) in [6, 6.07) is 0. The fourth-order valence-corrected chi connectivity index (χ4v) is 2.33. The van der Waals surface area contributed by atoms with Crippen molar-refractivity contribution in [2.24, 2.45) is 0 Å². The van der Waals surface area contributed by atoms with Crippen LogP contribution >= 0.6 is 11.6 Å². The Hall–Kier alpha value is -2.99. The Balaban J connectivity index is 0.000000509. The molecule has 0 aliphatic rings. The van der Waals surface area contributed by atoms with E-state index in [0.717, 1.165) is 12.7 Å². The van der Waals surface area contributed by atoms with Crippen molar-refractivity contribution in [2.75, 3.05) is 40.0 Å². The molecule has 2 rings (SSSR count). The number of ether oxygens (including phenoxy) is 3. The first-order chi connectivity index (χ1) is 16.2. The molecule has 190 valence electrons. The number of hydrogen-bond acceptors (Lipinski definition) is 10. The van der Waals surface area contributed by atoms with Gasteiger partial charge in [-0.2, -0.15) is 9.37 Å². The fourth-order valence-electron chi connectivity index (χ4n) is 2.20.